The van der Waals surface area contributed by atoms with Gasteiger partial charge >= 0.3 is 0 Å². The molecule has 1 saturated heterocycles. The van der Waals surface area contributed by atoms with Crippen molar-refractivity contribution in [3.05, 3.63) is 0 Å². The smallest absolute Gasteiger partial charge is 0.277 e. The maximum absolute atomic E-state index is 12.0. The molecule has 0 saturated carbocycles. The van der Waals surface area contributed by atoms with Crippen LogP contribution in [0.5, 0.6) is 0 Å². The quantitative estimate of drug-likeness (QED) is 0.592. The van der Waals surface area contributed by atoms with Gasteiger partial charge in [-0.25, -0.2) is 4.72 Å². The molecular formula is C11H24N4O2S2. The molecule has 0 aliphatic carbocycles. The third-order valence-corrected chi connectivity index (χ3v) is 4.92. The Balaban J connectivity index is 2.76. The fourth-order valence-corrected chi connectivity index (χ4v) is 3.74. The Morgan fingerprint density at radius 3 is 2.37 bits per heavy atom. The van der Waals surface area contributed by atoms with Gasteiger partial charge in [-0.2, -0.15) is 13.1 Å². The van der Waals surface area contributed by atoms with E-state index >= 15 is 0 Å². The second kappa shape index (κ2) is 6.45. The molecule has 0 aromatic rings. The lowest BCUT2D eigenvalue weighted by molar-refractivity contribution is 0.220. The summed E-state index contributed by atoms with van der Waals surface area (Å²) in [4.78, 5) is 2.35. The standard InChI is InChI=1S/C11H24N4O2S2/c1-9(2)8-13-19(16,17)14-11(10(12)18)4-6-15(3)7-5-11/h9,13-14H,4-8H2,1-3H3,(H2,12,18). The molecule has 1 aliphatic rings. The maximum Gasteiger partial charge on any atom is 0.277 e. The molecule has 0 aromatic carbocycles. The van der Waals surface area contributed by atoms with Crippen LogP contribution in [0.1, 0.15) is 26.7 Å². The molecule has 0 amide bonds. The Morgan fingerprint density at radius 2 is 1.95 bits per heavy atom. The van der Waals surface area contributed by atoms with Crippen LogP contribution in [0.2, 0.25) is 0 Å². The van der Waals surface area contributed by atoms with Crippen LogP contribution < -0.4 is 15.2 Å². The first-order chi connectivity index (χ1) is 8.67. The van der Waals surface area contributed by atoms with Crippen molar-refractivity contribution in [1.82, 2.24) is 14.3 Å². The summed E-state index contributed by atoms with van der Waals surface area (Å²) >= 11 is 5.07. The minimum Gasteiger partial charge on any atom is -0.392 e. The average molecular weight is 308 g/mol. The van der Waals surface area contributed by atoms with Gasteiger partial charge in [0.05, 0.1) is 10.5 Å². The predicted octanol–water partition coefficient (Wildman–Crippen LogP) is -0.183. The summed E-state index contributed by atoms with van der Waals surface area (Å²) in [6, 6.07) is 0. The van der Waals surface area contributed by atoms with E-state index in [4.69, 9.17) is 18.0 Å². The van der Waals surface area contributed by atoms with Crippen LogP contribution in [-0.2, 0) is 10.2 Å². The number of likely N-dealkylation sites (tertiary alicyclic amines) is 1. The molecule has 4 N–H and O–H groups in total. The highest BCUT2D eigenvalue weighted by Gasteiger charge is 2.39. The normalized spacial score (nSPS) is 20.6. The monoisotopic (exact) mass is 308 g/mol. The molecule has 1 rings (SSSR count). The number of piperidine rings is 1. The average Bonchev–Trinajstić information content (AvgIpc) is 2.29. The number of nitrogens with zero attached hydrogens (tertiary/aromatic N) is 1. The van der Waals surface area contributed by atoms with Gasteiger partial charge in [0.2, 0.25) is 0 Å². The van der Waals surface area contributed by atoms with Gasteiger partial charge in [-0.05, 0) is 25.8 Å². The molecule has 0 spiro atoms. The van der Waals surface area contributed by atoms with E-state index in [0.29, 0.717) is 19.4 Å². The van der Waals surface area contributed by atoms with Crippen LogP contribution in [0.4, 0.5) is 0 Å². The summed E-state index contributed by atoms with van der Waals surface area (Å²) in [6.45, 7) is 5.82. The number of hydrogen-bond acceptors (Lipinski definition) is 4. The largest absolute Gasteiger partial charge is 0.392 e. The highest BCUT2D eigenvalue weighted by atomic mass is 32.2. The van der Waals surface area contributed by atoms with Gasteiger partial charge in [0.1, 0.15) is 0 Å². The minimum absolute atomic E-state index is 0.218. The van der Waals surface area contributed by atoms with Crippen molar-refractivity contribution in [3.63, 3.8) is 0 Å². The van der Waals surface area contributed by atoms with Crippen molar-refractivity contribution in [2.45, 2.75) is 32.2 Å². The molecule has 0 bridgehead atoms. The molecule has 1 fully saturated rings. The van der Waals surface area contributed by atoms with E-state index in [1.165, 1.54) is 0 Å². The van der Waals surface area contributed by atoms with E-state index < -0.39 is 15.7 Å². The molecule has 1 heterocycles. The number of thiocarbonyl (C=S) groups is 1. The Kier molecular flexibility index (Phi) is 5.69. The summed E-state index contributed by atoms with van der Waals surface area (Å²) < 4.78 is 29.3. The SMILES string of the molecule is CC(C)CNS(=O)(=O)NC1(C(N)=S)CCN(C)CC1. The van der Waals surface area contributed by atoms with Crippen molar-refractivity contribution in [1.29, 1.82) is 0 Å². The topological polar surface area (TPSA) is 87.5 Å². The predicted molar refractivity (Wildman–Crippen MR) is 81.1 cm³/mol. The Morgan fingerprint density at radius 1 is 1.42 bits per heavy atom. The van der Waals surface area contributed by atoms with Gasteiger partial charge in [-0.1, -0.05) is 26.1 Å². The zero-order valence-corrected chi connectivity index (χ0v) is 13.4. The summed E-state index contributed by atoms with van der Waals surface area (Å²) in [7, 11) is -1.59. The van der Waals surface area contributed by atoms with Gasteiger partial charge in [0.15, 0.2) is 0 Å². The van der Waals surface area contributed by atoms with E-state index in [0.717, 1.165) is 13.1 Å². The molecule has 6 nitrogen and oxygen atoms in total. The van der Waals surface area contributed by atoms with Crippen molar-refractivity contribution in [2.75, 3.05) is 26.7 Å². The molecule has 0 atom stereocenters. The third-order valence-electron chi connectivity index (χ3n) is 3.32. The lowest BCUT2D eigenvalue weighted by Crippen LogP contribution is -2.63. The second-order valence-electron chi connectivity index (χ2n) is 5.60. The van der Waals surface area contributed by atoms with Crippen molar-refractivity contribution < 1.29 is 8.42 Å². The number of rotatable bonds is 6. The highest BCUT2D eigenvalue weighted by molar-refractivity contribution is 7.87. The lowest BCUT2D eigenvalue weighted by atomic mass is 9.89. The van der Waals surface area contributed by atoms with Crippen molar-refractivity contribution in [2.24, 2.45) is 11.7 Å². The highest BCUT2D eigenvalue weighted by Crippen LogP contribution is 2.22. The zero-order valence-electron chi connectivity index (χ0n) is 11.8. The minimum atomic E-state index is -3.58. The van der Waals surface area contributed by atoms with Gasteiger partial charge in [-0.3, -0.25) is 0 Å². The van der Waals surface area contributed by atoms with E-state index in [9.17, 15) is 8.42 Å². The van der Waals surface area contributed by atoms with Crippen LogP contribution in [0.3, 0.4) is 0 Å². The fraction of sp³-hybridized carbons (Fsp3) is 0.909. The molecule has 0 aromatic heterocycles. The van der Waals surface area contributed by atoms with Gasteiger partial charge in [0, 0.05) is 19.6 Å². The van der Waals surface area contributed by atoms with Crippen LogP contribution in [-0.4, -0.2) is 50.5 Å². The fourth-order valence-electron chi connectivity index (χ4n) is 1.97. The maximum atomic E-state index is 12.0. The van der Waals surface area contributed by atoms with E-state index in [-0.39, 0.29) is 10.9 Å². The molecule has 0 radical (unpaired) electrons. The summed E-state index contributed by atoms with van der Waals surface area (Å²) in [5.74, 6) is 0.245. The van der Waals surface area contributed by atoms with Gasteiger partial charge in [-0.15, -0.1) is 0 Å². The number of nitrogens with two attached hydrogens (primary N) is 1. The van der Waals surface area contributed by atoms with Gasteiger partial charge in [0.25, 0.3) is 10.2 Å². The van der Waals surface area contributed by atoms with E-state index in [2.05, 4.69) is 14.3 Å². The Labute approximate surface area is 121 Å². The molecule has 1 aliphatic heterocycles. The molecule has 19 heavy (non-hydrogen) atoms. The first-order valence-electron chi connectivity index (χ1n) is 6.44. The van der Waals surface area contributed by atoms with E-state index in [1.807, 2.05) is 20.9 Å². The van der Waals surface area contributed by atoms with Crippen LogP contribution in [0, 0.1) is 5.92 Å². The summed E-state index contributed by atoms with van der Waals surface area (Å²) in [5.41, 5.74) is 4.97. The third kappa shape index (κ3) is 4.96. The van der Waals surface area contributed by atoms with E-state index in [1.54, 1.807) is 0 Å². The molecule has 0 unspecified atom stereocenters. The number of hydrogen-bond donors (Lipinski definition) is 3. The second-order valence-corrected chi connectivity index (χ2v) is 7.54. The van der Waals surface area contributed by atoms with Crippen molar-refractivity contribution in [3.8, 4) is 0 Å². The summed E-state index contributed by atoms with van der Waals surface area (Å²) in [6.07, 6.45) is 1.20. The first-order valence-corrected chi connectivity index (χ1v) is 8.33. The molecule has 8 heteroatoms. The zero-order chi connectivity index (χ0) is 14.7. The van der Waals surface area contributed by atoms with Crippen LogP contribution in [0.25, 0.3) is 0 Å². The Bertz CT molecular complexity index is 414. The van der Waals surface area contributed by atoms with Crippen LogP contribution >= 0.6 is 12.2 Å². The van der Waals surface area contributed by atoms with Crippen molar-refractivity contribution >= 4 is 27.4 Å². The number of nitrogens with one attached hydrogen (secondary N) is 2. The lowest BCUT2D eigenvalue weighted by Gasteiger charge is -2.40. The van der Waals surface area contributed by atoms with Crippen LogP contribution in [0.15, 0.2) is 0 Å². The molecule has 112 valence electrons. The summed E-state index contributed by atoms with van der Waals surface area (Å²) in [5, 5.41) is 0. The Hall–Kier alpha value is -0.280. The first kappa shape index (κ1) is 16.8. The molecular weight excluding hydrogens is 284 g/mol. The van der Waals surface area contributed by atoms with Gasteiger partial charge < -0.3 is 10.6 Å².